The van der Waals surface area contributed by atoms with Crippen LogP contribution >= 0.6 is 0 Å². The minimum atomic E-state index is -0.222. The van der Waals surface area contributed by atoms with Crippen molar-refractivity contribution in [2.24, 2.45) is 0 Å². The number of carbonyl (C=O) groups is 1. The Kier molecular flexibility index (Phi) is 4.95. The summed E-state index contributed by atoms with van der Waals surface area (Å²) in [5, 5.41) is 2.85. The van der Waals surface area contributed by atoms with Crippen molar-refractivity contribution in [1.29, 1.82) is 0 Å². The Bertz CT molecular complexity index is 988. The van der Waals surface area contributed by atoms with Gasteiger partial charge in [-0.05, 0) is 32.5 Å². The van der Waals surface area contributed by atoms with Gasteiger partial charge < -0.3 is 19.5 Å². The number of anilines is 2. The van der Waals surface area contributed by atoms with Gasteiger partial charge in [-0.15, -0.1) is 0 Å². The zero-order chi connectivity index (χ0) is 19.7. The van der Waals surface area contributed by atoms with Gasteiger partial charge in [0.25, 0.3) is 5.91 Å². The predicted molar refractivity (Wildman–Crippen MR) is 109 cm³/mol. The first-order valence-corrected chi connectivity index (χ1v) is 9.61. The average Bonchev–Trinajstić information content (AvgIpc) is 3.11. The Morgan fingerprint density at radius 2 is 1.89 bits per heavy atom. The number of pyridine rings is 1. The van der Waals surface area contributed by atoms with Gasteiger partial charge in [-0.25, -0.2) is 9.97 Å². The topological polar surface area (TPSA) is 78.7 Å². The van der Waals surface area contributed by atoms with Crippen LogP contribution in [0, 0.1) is 13.8 Å². The highest BCUT2D eigenvalue weighted by atomic mass is 16.1. The fourth-order valence-electron chi connectivity index (χ4n) is 3.55. The van der Waals surface area contributed by atoms with Crippen LogP contribution in [0.15, 0.2) is 30.7 Å². The van der Waals surface area contributed by atoms with Crippen LogP contribution in [0.5, 0.6) is 0 Å². The maximum absolute atomic E-state index is 12.6. The number of imidazole rings is 1. The molecule has 3 aromatic heterocycles. The van der Waals surface area contributed by atoms with E-state index in [-0.39, 0.29) is 5.91 Å². The van der Waals surface area contributed by atoms with Crippen LogP contribution in [0.3, 0.4) is 0 Å². The van der Waals surface area contributed by atoms with Crippen LogP contribution in [-0.4, -0.2) is 62.9 Å². The molecule has 1 amide bonds. The lowest BCUT2D eigenvalue weighted by molar-refractivity contribution is 0.102. The molecule has 1 N–H and O–H groups in total. The van der Waals surface area contributed by atoms with Crippen LogP contribution in [0.1, 0.15) is 28.7 Å². The zero-order valence-electron chi connectivity index (χ0n) is 16.5. The van der Waals surface area contributed by atoms with E-state index in [4.69, 9.17) is 0 Å². The molecule has 0 aromatic carbocycles. The molecule has 8 heteroatoms. The van der Waals surface area contributed by atoms with Crippen molar-refractivity contribution in [1.82, 2.24) is 24.3 Å². The summed E-state index contributed by atoms with van der Waals surface area (Å²) >= 11 is 0. The minimum absolute atomic E-state index is 0.222. The number of hydrogen-bond donors (Lipinski definition) is 1. The van der Waals surface area contributed by atoms with Crippen molar-refractivity contribution in [3.63, 3.8) is 0 Å². The summed E-state index contributed by atoms with van der Waals surface area (Å²) in [5.41, 5.74) is 2.98. The van der Waals surface area contributed by atoms with Crippen LogP contribution in [-0.2, 0) is 0 Å². The number of rotatable bonds is 4. The molecule has 0 spiro atoms. The summed E-state index contributed by atoms with van der Waals surface area (Å²) < 4.78 is 1.88. The summed E-state index contributed by atoms with van der Waals surface area (Å²) in [6.45, 7) is 11.1. The van der Waals surface area contributed by atoms with Crippen LogP contribution < -0.4 is 10.2 Å². The first-order valence-electron chi connectivity index (χ1n) is 9.61. The van der Waals surface area contributed by atoms with Gasteiger partial charge in [0.1, 0.15) is 5.82 Å². The fourth-order valence-corrected chi connectivity index (χ4v) is 3.55. The molecule has 4 heterocycles. The maximum Gasteiger partial charge on any atom is 0.258 e. The molecule has 0 atom stereocenters. The standard InChI is InChI=1S/C20H25N7O/c1-4-25-7-9-26(10-8-25)18-6-5-16(11-21-18)20(28)24-17-13-27-12-14(2)22-15(3)19(27)23-17/h5-6,11-13H,4,7-10H2,1-3H3,(H,24,28). The molecule has 1 fully saturated rings. The van der Waals surface area contributed by atoms with E-state index in [0.717, 1.165) is 55.6 Å². The molecule has 0 bridgehead atoms. The number of nitrogens with one attached hydrogen (secondary N) is 1. The Balaban J connectivity index is 1.45. The van der Waals surface area contributed by atoms with Crippen molar-refractivity contribution in [2.45, 2.75) is 20.8 Å². The third-order valence-electron chi connectivity index (χ3n) is 5.12. The number of likely N-dealkylation sites (N-methyl/N-ethyl adjacent to an activating group) is 1. The zero-order valence-corrected chi connectivity index (χ0v) is 16.5. The fraction of sp³-hybridized carbons (Fsp3) is 0.400. The van der Waals surface area contributed by atoms with E-state index in [2.05, 4.69) is 37.0 Å². The van der Waals surface area contributed by atoms with E-state index in [0.29, 0.717) is 11.4 Å². The van der Waals surface area contributed by atoms with Gasteiger partial charge in [0.15, 0.2) is 11.5 Å². The van der Waals surface area contributed by atoms with Crippen molar-refractivity contribution >= 4 is 23.2 Å². The monoisotopic (exact) mass is 379 g/mol. The first-order chi connectivity index (χ1) is 13.5. The van der Waals surface area contributed by atoms with E-state index in [1.54, 1.807) is 12.4 Å². The number of aromatic nitrogens is 4. The average molecular weight is 379 g/mol. The Hall–Kier alpha value is -3.00. The smallest absolute Gasteiger partial charge is 0.258 e. The largest absolute Gasteiger partial charge is 0.354 e. The summed E-state index contributed by atoms with van der Waals surface area (Å²) in [7, 11) is 0. The van der Waals surface area contributed by atoms with Gasteiger partial charge in [0.2, 0.25) is 0 Å². The lowest BCUT2D eigenvalue weighted by Crippen LogP contribution is -2.46. The van der Waals surface area contributed by atoms with E-state index in [1.165, 1.54) is 0 Å². The second-order valence-corrected chi connectivity index (χ2v) is 7.11. The van der Waals surface area contributed by atoms with Crippen molar-refractivity contribution in [2.75, 3.05) is 42.9 Å². The number of fused-ring (bicyclic) bond motifs is 1. The Labute approximate surface area is 164 Å². The number of aryl methyl sites for hydroxylation is 2. The molecule has 28 heavy (non-hydrogen) atoms. The van der Waals surface area contributed by atoms with Gasteiger partial charge in [-0.2, -0.15) is 0 Å². The molecule has 0 aliphatic carbocycles. The third-order valence-corrected chi connectivity index (χ3v) is 5.12. The molecular weight excluding hydrogens is 354 g/mol. The van der Waals surface area contributed by atoms with Crippen molar-refractivity contribution in [3.8, 4) is 0 Å². The number of piperazine rings is 1. The summed E-state index contributed by atoms with van der Waals surface area (Å²) in [6.07, 6.45) is 5.31. The maximum atomic E-state index is 12.6. The van der Waals surface area contributed by atoms with Gasteiger partial charge in [0.05, 0.1) is 23.1 Å². The second kappa shape index (κ2) is 7.55. The summed E-state index contributed by atoms with van der Waals surface area (Å²) in [5.74, 6) is 1.19. The number of nitrogens with zero attached hydrogens (tertiary/aromatic N) is 6. The van der Waals surface area contributed by atoms with E-state index in [1.807, 2.05) is 36.6 Å². The number of carbonyl (C=O) groups excluding carboxylic acids is 1. The van der Waals surface area contributed by atoms with E-state index >= 15 is 0 Å². The Morgan fingerprint density at radius 1 is 1.11 bits per heavy atom. The molecule has 8 nitrogen and oxygen atoms in total. The van der Waals surface area contributed by atoms with Gasteiger partial charge >= 0.3 is 0 Å². The van der Waals surface area contributed by atoms with Gasteiger partial charge in [-0.3, -0.25) is 9.78 Å². The molecule has 0 unspecified atom stereocenters. The highest BCUT2D eigenvalue weighted by Crippen LogP contribution is 2.16. The third kappa shape index (κ3) is 3.68. The molecule has 1 aliphatic rings. The quantitative estimate of drug-likeness (QED) is 0.748. The molecule has 0 radical (unpaired) electrons. The Morgan fingerprint density at radius 3 is 2.57 bits per heavy atom. The first kappa shape index (κ1) is 18.4. The molecule has 146 valence electrons. The molecule has 3 aromatic rings. The SMILES string of the molecule is CCN1CCN(c2ccc(C(=O)Nc3cn4cc(C)nc(C)c4n3)cn2)CC1. The summed E-state index contributed by atoms with van der Waals surface area (Å²) in [4.78, 5) is 30.6. The highest BCUT2D eigenvalue weighted by molar-refractivity contribution is 6.03. The van der Waals surface area contributed by atoms with Crippen molar-refractivity contribution < 1.29 is 4.79 Å². The van der Waals surface area contributed by atoms with Crippen LogP contribution in [0.25, 0.3) is 5.65 Å². The number of hydrogen-bond acceptors (Lipinski definition) is 6. The predicted octanol–water partition coefficient (Wildman–Crippen LogP) is 2.14. The molecular formula is C20H25N7O. The second-order valence-electron chi connectivity index (χ2n) is 7.11. The molecule has 1 aliphatic heterocycles. The molecule has 0 saturated carbocycles. The normalized spacial score (nSPS) is 15.2. The van der Waals surface area contributed by atoms with E-state index < -0.39 is 0 Å². The van der Waals surface area contributed by atoms with Crippen molar-refractivity contribution in [3.05, 3.63) is 47.7 Å². The van der Waals surface area contributed by atoms with Crippen LogP contribution in [0.4, 0.5) is 11.6 Å². The molecule has 4 rings (SSSR count). The molecule has 1 saturated heterocycles. The number of amides is 1. The minimum Gasteiger partial charge on any atom is -0.354 e. The van der Waals surface area contributed by atoms with Gasteiger partial charge in [-0.1, -0.05) is 6.92 Å². The summed E-state index contributed by atoms with van der Waals surface area (Å²) in [6, 6.07) is 3.73. The van der Waals surface area contributed by atoms with E-state index in [9.17, 15) is 4.79 Å². The lowest BCUT2D eigenvalue weighted by atomic mass is 10.2. The van der Waals surface area contributed by atoms with Gasteiger partial charge in [0, 0.05) is 38.6 Å². The van der Waals surface area contributed by atoms with Crippen LogP contribution in [0.2, 0.25) is 0 Å². The lowest BCUT2D eigenvalue weighted by Gasteiger charge is -2.34. The highest BCUT2D eigenvalue weighted by Gasteiger charge is 2.17.